The lowest BCUT2D eigenvalue weighted by Gasteiger charge is -2.21. The van der Waals surface area contributed by atoms with Gasteiger partial charge in [0.05, 0.1) is 6.61 Å². The number of hydrogen-bond acceptors (Lipinski definition) is 3. The molecule has 0 spiro atoms. The third-order valence-electron chi connectivity index (χ3n) is 6.43. The quantitative estimate of drug-likeness (QED) is 0.430. The Morgan fingerprint density at radius 3 is 2.09 bits per heavy atom. The lowest BCUT2D eigenvalue weighted by Crippen LogP contribution is -2.42. The van der Waals surface area contributed by atoms with Crippen LogP contribution in [0.4, 0.5) is 0 Å². The Kier molecular flexibility index (Phi) is 7.97. The first-order chi connectivity index (χ1) is 16.6. The number of carboxylic acids is 1. The van der Waals surface area contributed by atoms with Gasteiger partial charge in [0.1, 0.15) is 11.8 Å². The topological polar surface area (TPSA) is 75.6 Å². The van der Waals surface area contributed by atoms with Crippen LogP contribution in [-0.2, 0) is 11.2 Å². The molecule has 1 atom stereocenters. The zero-order valence-electron chi connectivity index (χ0n) is 19.3. The highest BCUT2D eigenvalue weighted by Crippen LogP contribution is 2.26. The highest BCUT2D eigenvalue weighted by atomic mass is 16.5. The fraction of sp³-hybridized carbons (Fsp3) is 0.310. The number of ether oxygens (including phenoxy) is 1. The lowest BCUT2D eigenvalue weighted by atomic mass is 9.90. The number of rotatable bonds is 9. The number of benzene rings is 3. The largest absolute Gasteiger partial charge is 0.493 e. The minimum Gasteiger partial charge on any atom is -0.493 e. The maximum absolute atomic E-state index is 12.7. The van der Waals surface area contributed by atoms with Gasteiger partial charge in [0.25, 0.3) is 5.91 Å². The monoisotopic (exact) mass is 457 g/mol. The molecule has 3 aromatic rings. The van der Waals surface area contributed by atoms with E-state index in [1.54, 1.807) is 12.1 Å². The predicted molar refractivity (Wildman–Crippen MR) is 133 cm³/mol. The molecule has 0 aliphatic heterocycles. The molecule has 1 fully saturated rings. The molecule has 0 aromatic heterocycles. The number of nitrogens with one attached hydrogen (secondary N) is 1. The fourth-order valence-electron chi connectivity index (χ4n) is 4.42. The van der Waals surface area contributed by atoms with Crippen molar-refractivity contribution in [1.82, 2.24) is 5.32 Å². The van der Waals surface area contributed by atoms with Gasteiger partial charge in [-0.1, -0.05) is 73.9 Å². The van der Waals surface area contributed by atoms with Crippen LogP contribution in [0.5, 0.6) is 5.75 Å². The van der Waals surface area contributed by atoms with E-state index in [1.807, 2.05) is 66.7 Å². The number of carboxylic acid groups (broad SMARTS) is 1. The van der Waals surface area contributed by atoms with Crippen LogP contribution in [0.2, 0.25) is 0 Å². The first kappa shape index (κ1) is 23.6. The minimum atomic E-state index is -1.06. The van der Waals surface area contributed by atoms with Crippen LogP contribution in [0.3, 0.4) is 0 Å². The summed E-state index contributed by atoms with van der Waals surface area (Å²) in [6.45, 7) is 0.783. The van der Waals surface area contributed by atoms with Gasteiger partial charge in [0.15, 0.2) is 0 Å². The van der Waals surface area contributed by atoms with Gasteiger partial charge in [0, 0.05) is 12.0 Å². The Morgan fingerprint density at radius 2 is 1.47 bits per heavy atom. The second kappa shape index (κ2) is 11.5. The van der Waals surface area contributed by atoms with E-state index in [-0.39, 0.29) is 6.42 Å². The molecule has 34 heavy (non-hydrogen) atoms. The molecule has 5 nitrogen and oxygen atoms in total. The van der Waals surface area contributed by atoms with E-state index in [2.05, 4.69) is 5.32 Å². The van der Waals surface area contributed by atoms with E-state index < -0.39 is 17.9 Å². The van der Waals surface area contributed by atoms with Crippen molar-refractivity contribution in [3.63, 3.8) is 0 Å². The van der Waals surface area contributed by atoms with Gasteiger partial charge in [-0.3, -0.25) is 4.79 Å². The SMILES string of the molecule is O=C(NC(Cc1ccccc1)C(=O)O)c1ccc(-c2ccc(OCC3CCCCC3)cc2)cc1. The van der Waals surface area contributed by atoms with Crippen LogP contribution in [0.1, 0.15) is 48.0 Å². The Labute approximate surface area is 200 Å². The second-order valence-electron chi connectivity index (χ2n) is 8.97. The van der Waals surface area contributed by atoms with E-state index in [0.717, 1.165) is 29.0 Å². The molecule has 1 aliphatic carbocycles. The van der Waals surface area contributed by atoms with E-state index in [4.69, 9.17) is 4.74 Å². The Morgan fingerprint density at radius 1 is 0.853 bits per heavy atom. The molecule has 2 N–H and O–H groups in total. The molecule has 176 valence electrons. The summed E-state index contributed by atoms with van der Waals surface area (Å²) in [5.74, 6) is 0.0879. The summed E-state index contributed by atoms with van der Waals surface area (Å²) in [6, 6.07) is 23.5. The van der Waals surface area contributed by atoms with Gasteiger partial charge >= 0.3 is 5.97 Å². The number of amides is 1. The number of aliphatic carboxylic acids is 1. The van der Waals surface area contributed by atoms with Crippen LogP contribution >= 0.6 is 0 Å². The lowest BCUT2D eigenvalue weighted by molar-refractivity contribution is -0.139. The Balaban J connectivity index is 1.34. The summed E-state index contributed by atoms with van der Waals surface area (Å²) in [6.07, 6.45) is 6.72. The summed E-state index contributed by atoms with van der Waals surface area (Å²) in [5.41, 5.74) is 3.30. The van der Waals surface area contributed by atoms with E-state index in [0.29, 0.717) is 11.5 Å². The smallest absolute Gasteiger partial charge is 0.326 e. The Hall–Kier alpha value is -3.60. The van der Waals surface area contributed by atoms with Crippen LogP contribution in [0.25, 0.3) is 11.1 Å². The maximum Gasteiger partial charge on any atom is 0.326 e. The van der Waals surface area contributed by atoms with Crippen molar-refractivity contribution < 1.29 is 19.4 Å². The number of carbonyl (C=O) groups excluding carboxylic acids is 1. The molecule has 1 aliphatic rings. The average molecular weight is 458 g/mol. The van der Waals surface area contributed by atoms with Crippen molar-refractivity contribution in [1.29, 1.82) is 0 Å². The summed E-state index contributed by atoms with van der Waals surface area (Å²) in [7, 11) is 0. The molecule has 0 saturated heterocycles. The fourth-order valence-corrected chi connectivity index (χ4v) is 4.42. The summed E-state index contributed by atoms with van der Waals surface area (Å²) >= 11 is 0. The summed E-state index contributed by atoms with van der Waals surface area (Å²) < 4.78 is 5.98. The van der Waals surface area contributed by atoms with Gasteiger partial charge in [-0.25, -0.2) is 4.79 Å². The maximum atomic E-state index is 12.7. The molecule has 1 amide bonds. The second-order valence-corrected chi connectivity index (χ2v) is 8.97. The predicted octanol–water partition coefficient (Wildman–Crippen LogP) is 5.74. The molecule has 0 bridgehead atoms. The van der Waals surface area contributed by atoms with Crippen molar-refractivity contribution in [2.45, 2.75) is 44.6 Å². The van der Waals surface area contributed by atoms with E-state index >= 15 is 0 Å². The molecular weight excluding hydrogens is 426 g/mol. The zero-order chi connectivity index (χ0) is 23.8. The standard InChI is InChI=1S/C29H31NO4/c31-28(30-27(29(32)33)19-21-7-3-1-4-8-21)25-13-11-23(12-14-25)24-15-17-26(18-16-24)34-20-22-9-5-2-6-10-22/h1,3-4,7-8,11-18,22,27H,2,5-6,9-10,19-20H2,(H,30,31)(H,32,33). The van der Waals surface area contributed by atoms with Crippen molar-refractivity contribution in [3.8, 4) is 16.9 Å². The average Bonchev–Trinajstić information content (AvgIpc) is 2.88. The molecule has 5 heteroatoms. The van der Waals surface area contributed by atoms with Crippen LogP contribution < -0.4 is 10.1 Å². The number of hydrogen-bond donors (Lipinski definition) is 2. The molecule has 1 saturated carbocycles. The van der Waals surface area contributed by atoms with Gasteiger partial charge in [0.2, 0.25) is 0 Å². The molecule has 0 radical (unpaired) electrons. The van der Waals surface area contributed by atoms with Gasteiger partial charge in [-0.2, -0.15) is 0 Å². The molecule has 1 unspecified atom stereocenters. The van der Waals surface area contributed by atoms with Crippen molar-refractivity contribution >= 4 is 11.9 Å². The minimum absolute atomic E-state index is 0.231. The third kappa shape index (κ3) is 6.47. The van der Waals surface area contributed by atoms with Gasteiger partial charge < -0.3 is 15.2 Å². The number of carbonyl (C=O) groups is 2. The first-order valence-corrected chi connectivity index (χ1v) is 12.0. The van der Waals surface area contributed by atoms with Crippen LogP contribution in [0, 0.1) is 5.92 Å². The van der Waals surface area contributed by atoms with Gasteiger partial charge in [-0.15, -0.1) is 0 Å². The summed E-state index contributed by atoms with van der Waals surface area (Å²) in [4.78, 5) is 24.3. The molecule has 3 aromatic carbocycles. The highest BCUT2D eigenvalue weighted by molar-refractivity contribution is 5.97. The van der Waals surface area contributed by atoms with Crippen molar-refractivity contribution in [2.75, 3.05) is 6.61 Å². The molecular formula is C29H31NO4. The normalized spacial score (nSPS) is 14.8. The highest BCUT2D eigenvalue weighted by Gasteiger charge is 2.21. The Bertz CT molecular complexity index is 1070. The zero-order valence-corrected chi connectivity index (χ0v) is 19.3. The van der Waals surface area contributed by atoms with E-state index in [9.17, 15) is 14.7 Å². The van der Waals surface area contributed by atoms with Crippen LogP contribution in [-0.4, -0.2) is 29.6 Å². The molecule has 0 heterocycles. The first-order valence-electron chi connectivity index (χ1n) is 12.0. The van der Waals surface area contributed by atoms with Gasteiger partial charge in [-0.05, 0) is 59.7 Å². The van der Waals surface area contributed by atoms with Crippen molar-refractivity contribution in [3.05, 3.63) is 90.0 Å². The van der Waals surface area contributed by atoms with E-state index in [1.165, 1.54) is 32.1 Å². The van der Waals surface area contributed by atoms with Crippen LogP contribution in [0.15, 0.2) is 78.9 Å². The molecule has 4 rings (SSSR count). The summed E-state index contributed by atoms with van der Waals surface area (Å²) in [5, 5.41) is 12.2. The van der Waals surface area contributed by atoms with Crippen molar-refractivity contribution in [2.24, 2.45) is 5.92 Å². The third-order valence-corrected chi connectivity index (χ3v) is 6.43.